The van der Waals surface area contributed by atoms with Crippen LogP contribution in [0.25, 0.3) is 0 Å². The molecule has 0 aromatic heterocycles. The summed E-state index contributed by atoms with van der Waals surface area (Å²) in [5.74, 6) is -0.237. The summed E-state index contributed by atoms with van der Waals surface area (Å²) < 4.78 is 0. The van der Waals surface area contributed by atoms with Crippen molar-refractivity contribution in [1.29, 1.82) is 0 Å². The zero-order chi connectivity index (χ0) is 8.81. The van der Waals surface area contributed by atoms with Gasteiger partial charge in [0.25, 0.3) is 5.91 Å². The molecule has 4 heteroatoms. The second-order valence-electron chi connectivity index (χ2n) is 2.24. The molecule has 1 rings (SSSR count). The highest BCUT2D eigenvalue weighted by Crippen LogP contribution is 2.01. The minimum absolute atomic E-state index is 0.0141. The van der Waals surface area contributed by atoms with Crippen molar-refractivity contribution in [2.24, 2.45) is 5.73 Å². The number of anilines is 1. The van der Waals surface area contributed by atoms with Gasteiger partial charge in [-0.1, -0.05) is 18.2 Å². The second kappa shape index (κ2) is 4.35. The summed E-state index contributed by atoms with van der Waals surface area (Å²) in [5, 5.41) is 0. The van der Waals surface area contributed by atoms with Crippen LogP contribution in [0.1, 0.15) is 0 Å². The van der Waals surface area contributed by atoms with Crippen molar-refractivity contribution >= 4 is 11.6 Å². The van der Waals surface area contributed by atoms with Crippen LogP contribution in [0.2, 0.25) is 0 Å². The van der Waals surface area contributed by atoms with Crippen molar-refractivity contribution in [2.45, 2.75) is 0 Å². The second-order valence-corrected chi connectivity index (χ2v) is 2.24. The minimum atomic E-state index is -0.237. The number of carbonyl (C=O) groups excluding carboxylic acids is 1. The maximum atomic E-state index is 10.7. The van der Waals surface area contributed by atoms with Gasteiger partial charge in [0, 0.05) is 0 Å². The fourth-order valence-electron chi connectivity index (χ4n) is 0.714. The van der Waals surface area contributed by atoms with Crippen molar-refractivity contribution in [3.63, 3.8) is 0 Å². The molecule has 1 amide bonds. The number of benzene rings is 1. The molecule has 64 valence electrons. The molecule has 1 aromatic rings. The molecule has 0 atom stereocenters. The third-order valence-electron chi connectivity index (χ3n) is 1.31. The van der Waals surface area contributed by atoms with Crippen LogP contribution in [0.15, 0.2) is 30.3 Å². The van der Waals surface area contributed by atoms with E-state index in [-0.39, 0.29) is 12.5 Å². The molecule has 4 N–H and O–H groups in total. The number of para-hydroxylation sites is 1. The van der Waals surface area contributed by atoms with Crippen LogP contribution < -0.4 is 16.6 Å². The van der Waals surface area contributed by atoms with Gasteiger partial charge in [-0.15, -0.1) is 0 Å². The van der Waals surface area contributed by atoms with Crippen molar-refractivity contribution in [1.82, 2.24) is 5.43 Å². The number of amides is 1. The lowest BCUT2D eigenvalue weighted by atomic mass is 10.3. The van der Waals surface area contributed by atoms with Gasteiger partial charge in [-0.05, 0) is 12.1 Å². The Kier molecular flexibility index (Phi) is 3.10. The van der Waals surface area contributed by atoms with E-state index in [0.717, 1.165) is 5.69 Å². The summed E-state index contributed by atoms with van der Waals surface area (Å²) in [6.45, 7) is -0.0141. The predicted molar refractivity (Wildman–Crippen MR) is 47.3 cm³/mol. The van der Waals surface area contributed by atoms with E-state index in [0.29, 0.717) is 0 Å². The fourth-order valence-corrected chi connectivity index (χ4v) is 0.714. The normalized spacial score (nSPS) is 9.08. The molecule has 0 aliphatic heterocycles. The van der Waals surface area contributed by atoms with Crippen LogP contribution in [-0.2, 0) is 4.79 Å². The van der Waals surface area contributed by atoms with Gasteiger partial charge >= 0.3 is 0 Å². The predicted octanol–water partition coefficient (Wildman–Crippen LogP) is 0.0884. The summed E-state index contributed by atoms with van der Waals surface area (Å²) in [7, 11) is 0. The fraction of sp³-hybridized carbons (Fsp3) is 0.125. The minimum Gasteiger partial charge on any atom is -0.322 e. The quantitative estimate of drug-likeness (QED) is 0.556. The molecule has 12 heavy (non-hydrogen) atoms. The van der Waals surface area contributed by atoms with E-state index in [1.807, 2.05) is 30.3 Å². The molecule has 1 aromatic carbocycles. The average molecular weight is 165 g/mol. The lowest BCUT2D eigenvalue weighted by molar-refractivity contribution is -0.119. The van der Waals surface area contributed by atoms with Crippen molar-refractivity contribution in [2.75, 3.05) is 12.0 Å². The number of hydrogen-bond donors (Lipinski definition) is 3. The Labute approximate surface area is 70.7 Å². The van der Waals surface area contributed by atoms with E-state index in [4.69, 9.17) is 5.73 Å². The number of nitrogens with one attached hydrogen (secondary N) is 2. The number of carbonyl (C=O) groups is 1. The van der Waals surface area contributed by atoms with Crippen molar-refractivity contribution in [3.05, 3.63) is 30.3 Å². The van der Waals surface area contributed by atoms with Crippen LogP contribution >= 0.6 is 0 Å². The molecule has 0 bridgehead atoms. The topological polar surface area (TPSA) is 67.2 Å². The van der Waals surface area contributed by atoms with E-state index in [2.05, 4.69) is 10.9 Å². The molecular formula is C8H11N3O. The molecule has 0 radical (unpaired) electrons. The van der Waals surface area contributed by atoms with E-state index in [9.17, 15) is 4.79 Å². The van der Waals surface area contributed by atoms with E-state index in [1.54, 1.807) is 0 Å². The summed E-state index contributed by atoms with van der Waals surface area (Å²) >= 11 is 0. The van der Waals surface area contributed by atoms with Crippen LogP contribution in [0.3, 0.4) is 0 Å². The Morgan fingerprint density at radius 1 is 1.33 bits per heavy atom. The van der Waals surface area contributed by atoms with Crippen molar-refractivity contribution < 1.29 is 4.79 Å². The zero-order valence-electron chi connectivity index (χ0n) is 6.58. The summed E-state index contributed by atoms with van der Waals surface area (Å²) in [5.41, 5.74) is 11.1. The largest absolute Gasteiger partial charge is 0.322 e. The molecule has 0 aliphatic carbocycles. The Morgan fingerprint density at radius 3 is 2.58 bits per heavy atom. The first-order valence-electron chi connectivity index (χ1n) is 3.63. The highest BCUT2D eigenvalue weighted by molar-refractivity contribution is 5.79. The molecular weight excluding hydrogens is 154 g/mol. The highest BCUT2D eigenvalue weighted by atomic mass is 16.2. The van der Waals surface area contributed by atoms with Gasteiger partial charge < -0.3 is 5.73 Å². The average Bonchev–Trinajstić information content (AvgIpc) is 2.16. The van der Waals surface area contributed by atoms with Gasteiger partial charge in [-0.2, -0.15) is 0 Å². The molecule has 0 saturated carbocycles. The maximum Gasteiger partial charge on any atom is 0.252 e. The Balaban J connectivity index is 2.38. The molecule has 0 saturated heterocycles. The van der Waals surface area contributed by atoms with E-state index < -0.39 is 0 Å². The monoisotopic (exact) mass is 165 g/mol. The van der Waals surface area contributed by atoms with Crippen LogP contribution in [0.5, 0.6) is 0 Å². The third-order valence-corrected chi connectivity index (χ3v) is 1.31. The summed E-state index contributed by atoms with van der Waals surface area (Å²) in [6, 6.07) is 9.33. The Morgan fingerprint density at radius 2 is 2.00 bits per heavy atom. The van der Waals surface area contributed by atoms with Gasteiger partial charge in [0.1, 0.15) is 0 Å². The molecule has 0 heterocycles. The number of rotatable bonds is 3. The molecule has 0 unspecified atom stereocenters. The lowest BCUT2D eigenvalue weighted by Gasteiger charge is -2.05. The molecule has 0 aliphatic rings. The standard InChI is InChI=1S/C8H11N3O/c9-6-8(12)11-10-7-4-2-1-3-5-7/h1-5,10H,6,9H2,(H,11,12). The molecule has 0 spiro atoms. The van der Waals surface area contributed by atoms with Gasteiger partial charge in [0.15, 0.2) is 0 Å². The van der Waals surface area contributed by atoms with Gasteiger partial charge in [-0.3, -0.25) is 15.6 Å². The Hall–Kier alpha value is -1.55. The third kappa shape index (κ3) is 2.59. The van der Waals surface area contributed by atoms with Gasteiger partial charge in [0.05, 0.1) is 12.2 Å². The first-order valence-corrected chi connectivity index (χ1v) is 3.63. The lowest BCUT2D eigenvalue weighted by Crippen LogP contribution is -2.34. The van der Waals surface area contributed by atoms with E-state index >= 15 is 0 Å². The van der Waals surface area contributed by atoms with E-state index in [1.165, 1.54) is 0 Å². The molecule has 0 fully saturated rings. The zero-order valence-corrected chi connectivity index (χ0v) is 6.58. The van der Waals surface area contributed by atoms with Crippen LogP contribution in [0, 0.1) is 0 Å². The summed E-state index contributed by atoms with van der Waals surface area (Å²) in [4.78, 5) is 10.7. The maximum absolute atomic E-state index is 10.7. The Bertz CT molecular complexity index is 248. The number of hydrogen-bond acceptors (Lipinski definition) is 3. The first-order chi connectivity index (χ1) is 5.83. The number of nitrogens with two attached hydrogens (primary N) is 1. The SMILES string of the molecule is NCC(=O)NNc1ccccc1. The van der Waals surface area contributed by atoms with Crippen LogP contribution in [0.4, 0.5) is 5.69 Å². The highest BCUT2D eigenvalue weighted by Gasteiger charge is 1.93. The molecule has 4 nitrogen and oxygen atoms in total. The smallest absolute Gasteiger partial charge is 0.252 e. The van der Waals surface area contributed by atoms with Crippen LogP contribution in [-0.4, -0.2) is 12.5 Å². The first kappa shape index (κ1) is 8.55. The van der Waals surface area contributed by atoms with Gasteiger partial charge in [-0.25, -0.2) is 0 Å². The van der Waals surface area contributed by atoms with Gasteiger partial charge in [0.2, 0.25) is 0 Å². The van der Waals surface area contributed by atoms with Crippen molar-refractivity contribution in [3.8, 4) is 0 Å². The summed E-state index contributed by atoms with van der Waals surface area (Å²) in [6.07, 6.45) is 0. The number of hydrazine groups is 1.